The molecular formula is C19H24Si. The van der Waals surface area contributed by atoms with Crippen LogP contribution in [0.5, 0.6) is 0 Å². The Kier molecular flexibility index (Phi) is 3.13. The molecule has 0 nitrogen and oxygen atoms in total. The Morgan fingerprint density at radius 2 is 1.30 bits per heavy atom. The van der Waals surface area contributed by atoms with Crippen molar-refractivity contribution in [3.8, 4) is 0 Å². The molecule has 0 spiro atoms. The average Bonchev–Trinajstić information content (AvgIpc) is 2.43. The molecule has 1 heteroatoms. The quantitative estimate of drug-likeness (QED) is 0.666. The van der Waals surface area contributed by atoms with Crippen LogP contribution in [0.15, 0.2) is 48.5 Å². The van der Waals surface area contributed by atoms with Crippen molar-refractivity contribution in [1.29, 1.82) is 0 Å². The Bertz CT molecular complexity index is 589. The molecule has 0 atom stereocenters. The topological polar surface area (TPSA) is 0 Å². The van der Waals surface area contributed by atoms with E-state index in [1.807, 2.05) is 0 Å². The van der Waals surface area contributed by atoms with Gasteiger partial charge in [-0.25, -0.2) is 0 Å². The van der Waals surface area contributed by atoms with E-state index in [0.717, 1.165) is 6.42 Å². The molecule has 0 radical (unpaired) electrons. The summed E-state index contributed by atoms with van der Waals surface area (Å²) in [6.45, 7) is 9.94. The summed E-state index contributed by atoms with van der Waals surface area (Å²) in [4.78, 5) is 0. The SMILES string of the molecule is CCC1([Si](C)(C)C)c2ccccc2Cc2ccccc21. The third kappa shape index (κ3) is 1.72. The van der Waals surface area contributed by atoms with Crippen molar-refractivity contribution < 1.29 is 0 Å². The van der Waals surface area contributed by atoms with Gasteiger partial charge in [-0.3, -0.25) is 0 Å². The number of hydrogen-bond acceptors (Lipinski definition) is 0. The van der Waals surface area contributed by atoms with Crippen molar-refractivity contribution >= 4 is 8.07 Å². The van der Waals surface area contributed by atoms with Gasteiger partial charge in [0.05, 0.1) is 8.07 Å². The maximum absolute atomic E-state index is 2.52. The highest BCUT2D eigenvalue weighted by atomic mass is 28.3. The van der Waals surface area contributed by atoms with Crippen LogP contribution in [-0.2, 0) is 11.5 Å². The molecule has 0 amide bonds. The third-order valence-electron chi connectivity index (χ3n) is 5.15. The van der Waals surface area contributed by atoms with Gasteiger partial charge in [0.2, 0.25) is 0 Å². The lowest BCUT2D eigenvalue weighted by atomic mass is 9.76. The smallest absolute Gasteiger partial charge is 0.0612 e. The number of fused-ring (bicyclic) bond motifs is 2. The zero-order chi connectivity index (χ0) is 14.4. The van der Waals surface area contributed by atoms with Gasteiger partial charge in [0.25, 0.3) is 0 Å². The van der Waals surface area contributed by atoms with Gasteiger partial charge >= 0.3 is 0 Å². The summed E-state index contributed by atoms with van der Waals surface area (Å²) >= 11 is 0. The van der Waals surface area contributed by atoms with Crippen molar-refractivity contribution in [3.05, 3.63) is 70.8 Å². The number of hydrogen-bond donors (Lipinski definition) is 0. The first-order valence-electron chi connectivity index (χ1n) is 7.67. The van der Waals surface area contributed by atoms with Crippen molar-refractivity contribution in [2.24, 2.45) is 0 Å². The van der Waals surface area contributed by atoms with Gasteiger partial charge in [-0.2, -0.15) is 0 Å². The van der Waals surface area contributed by atoms with Crippen molar-refractivity contribution in [3.63, 3.8) is 0 Å². The van der Waals surface area contributed by atoms with Crippen LogP contribution in [0.1, 0.15) is 35.6 Å². The third-order valence-corrected chi connectivity index (χ3v) is 8.60. The van der Waals surface area contributed by atoms with Crippen LogP contribution in [0, 0.1) is 0 Å². The number of rotatable bonds is 2. The fraction of sp³-hybridized carbons (Fsp3) is 0.368. The molecular weight excluding hydrogens is 256 g/mol. The Balaban J connectivity index is 2.38. The maximum Gasteiger partial charge on any atom is 0.0612 e. The minimum atomic E-state index is -1.41. The van der Waals surface area contributed by atoms with Gasteiger partial charge < -0.3 is 0 Å². The summed E-state index contributed by atoms with van der Waals surface area (Å²) < 4.78 is 0. The molecule has 0 unspecified atom stereocenters. The monoisotopic (exact) mass is 280 g/mol. The van der Waals surface area contributed by atoms with Crippen LogP contribution < -0.4 is 0 Å². The molecule has 1 aliphatic rings. The van der Waals surface area contributed by atoms with E-state index in [-0.39, 0.29) is 5.04 Å². The predicted octanol–water partition coefficient (Wildman–Crippen LogP) is 5.16. The first-order valence-corrected chi connectivity index (χ1v) is 11.2. The molecule has 20 heavy (non-hydrogen) atoms. The predicted molar refractivity (Wildman–Crippen MR) is 90.1 cm³/mol. The molecule has 3 rings (SSSR count). The summed E-state index contributed by atoms with van der Waals surface area (Å²) in [7, 11) is -1.41. The molecule has 0 fully saturated rings. The molecule has 2 aromatic carbocycles. The lowest BCUT2D eigenvalue weighted by molar-refractivity contribution is 0.632. The van der Waals surface area contributed by atoms with Crippen LogP contribution in [0.4, 0.5) is 0 Å². The second-order valence-electron chi connectivity index (χ2n) is 7.00. The van der Waals surface area contributed by atoms with Gasteiger partial charge in [0.1, 0.15) is 0 Å². The molecule has 0 heterocycles. The van der Waals surface area contributed by atoms with Gasteiger partial charge in [0.15, 0.2) is 0 Å². The highest BCUT2D eigenvalue weighted by Gasteiger charge is 2.48. The lowest BCUT2D eigenvalue weighted by Gasteiger charge is -2.48. The maximum atomic E-state index is 2.52. The lowest BCUT2D eigenvalue weighted by Crippen LogP contribution is -2.52. The highest BCUT2D eigenvalue weighted by molar-refractivity contribution is 6.79. The second-order valence-corrected chi connectivity index (χ2v) is 12.4. The standard InChI is InChI=1S/C19H24Si/c1-5-19(20(2,3)4)17-12-8-6-10-15(17)14-16-11-7-9-13-18(16)19/h6-13H,5,14H2,1-4H3. The minimum Gasteiger partial charge on any atom is -0.0686 e. The Morgan fingerprint density at radius 1 is 0.850 bits per heavy atom. The minimum absolute atomic E-state index is 0.262. The van der Waals surface area contributed by atoms with Crippen LogP contribution in [0.2, 0.25) is 19.6 Å². The van der Waals surface area contributed by atoms with Crippen molar-refractivity contribution in [2.75, 3.05) is 0 Å². The molecule has 1 aliphatic carbocycles. The largest absolute Gasteiger partial charge is 0.0686 e. The van der Waals surface area contributed by atoms with E-state index in [1.54, 1.807) is 11.1 Å². The molecule has 0 aliphatic heterocycles. The van der Waals surface area contributed by atoms with E-state index < -0.39 is 8.07 Å². The van der Waals surface area contributed by atoms with Gasteiger partial charge in [-0.05, 0) is 35.1 Å². The fourth-order valence-electron chi connectivity index (χ4n) is 4.25. The molecule has 0 aromatic heterocycles. The fourth-order valence-corrected chi connectivity index (χ4v) is 7.42. The number of benzene rings is 2. The second kappa shape index (κ2) is 4.59. The van der Waals surface area contributed by atoms with Gasteiger partial charge in [0, 0.05) is 5.04 Å². The Morgan fingerprint density at radius 3 is 1.70 bits per heavy atom. The first kappa shape index (κ1) is 13.6. The zero-order valence-corrected chi connectivity index (χ0v) is 14.0. The molecule has 104 valence electrons. The van der Waals surface area contributed by atoms with Gasteiger partial charge in [-0.15, -0.1) is 0 Å². The molecule has 0 saturated heterocycles. The zero-order valence-electron chi connectivity index (χ0n) is 13.0. The summed E-state index contributed by atoms with van der Waals surface area (Å²) in [6.07, 6.45) is 2.30. The normalized spacial score (nSPS) is 16.4. The van der Waals surface area contributed by atoms with Crippen LogP contribution in [0.3, 0.4) is 0 Å². The summed E-state index contributed by atoms with van der Waals surface area (Å²) in [5.41, 5.74) is 6.27. The van der Waals surface area contributed by atoms with Gasteiger partial charge in [-0.1, -0.05) is 75.1 Å². The van der Waals surface area contributed by atoms with Crippen LogP contribution in [0.25, 0.3) is 0 Å². The Labute approximate surface area is 123 Å². The van der Waals surface area contributed by atoms with E-state index in [0.29, 0.717) is 0 Å². The highest BCUT2D eigenvalue weighted by Crippen LogP contribution is 2.49. The molecule has 2 aromatic rings. The molecule has 0 N–H and O–H groups in total. The Hall–Kier alpha value is -1.34. The van der Waals surface area contributed by atoms with Crippen molar-refractivity contribution in [1.82, 2.24) is 0 Å². The van der Waals surface area contributed by atoms with E-state index >= 15 is 0 Å². The van der Waals surface area contributed by atoms with Crippen LogP contribution in [-0.4, -0.2) is 8.07 Å². The summed E-state index contributed by atoms with van der Waals surface area (Å²) in [5, 5.41) is 0.262. The van der Waals surface area contributed by atoms with Crippen LogP contribution >= 0.6 is 0 Å². The van der Waals surface area contributed by atoms with E-state index in [1.165, 1.54) is 17.5 Å². The van der Waals surface area contributed by atoms with E-state index in [4.69, 9.17) is 0 Å². The molecule has 0 saturated carbocycles. The molecule has 0 bridgehead atoms. The van der Waals surface area contributed by atoms with Crippen molar-refractivity contribution in [2.45, 2.75) is 44.4 Å². The summed E-state index contributed by atoms with van der Waals surface area (Å²) in [6, 6.07) is 18.2. The van der Waals surface area contributed by atoms with E-state index in [9.17, 15) is 0 Å². The average molecular weight is 280 g/mol. The van der Waals surface area contributed by atoms with E-state index in [2.05, 4.69) is 75.1 Å². The first-order chi connectivity index (χ1) is 9.50. The summed E-state index contributed by atoms with van der Waals surface area (Å²) in [5.74, 6) is 0.